The van der Waals surface area contributed by atoms with E-state index in [1.165, 1.54) is 0 Å². The van der Waals surface area contributed by atoms with Crippen molar-refractivity contribution in [1.82, 2.24) is 42.1 Å². The number of hydrogen-bond acceptors (Lipinski definition) is 9. The van der Waals surface area contributed by atoms with Crippen LogP contribution in [0.25, 0.3) is 32.9 Å². The van der Waals surface area contributed by atoms with Gasteiger partial charge in [-0.2, -0.15) is 0 Å². The molecule has 9 amide bonds. The third-order valence-electron chi connectivity index (χ3n) is 16.9. The van der Waals surface area contributed by atoms with Crippen LogP contribution in [0.4, 0.5) is 20.1 Å². The van der Waals surface area contributed by atoms with Crippen LogP contribution in [-0.4, -0.2) is 72.9 Å². The number of hydrogen-bond donors (Lipinski definition) is 8. The lowest BCUT2D eigenvalue weighted by atomic mass is 9.95. The van der Waals surface area contributed by atoms with E-state index in [0.29, 0.717) is 86.6 Å². The van der Waals surface area contributed by atoms with E-state index in [4.69, 9.17) is 13.3 Å². The van der Waals surface area contributed by atoms with Gasteiger partial charge in [0, 0.05) is 83.6 Å². The number of amides is 9. The summed E-state index contributed by atoms with van der Waals surface area (Å²) in [6, 6.07) is 24.7. The Kier molecular flexibility index (Phi) is 16.5. The molecule has 2 saturated heterocycles. The van der Waals surface area contributed by atoms with Gasteiger partial charge in [-0.05, 0) is 145 Å². The molecule has 5 heterocycles. The summed E-state index contributed by atoms with van der Waals surface area (Å²) in [6.45, 7) is 14.8. The van der Waals surface area contributed by atoms with Gasteiger partial charge >= 0.3 is 18.1 Å². The molecule has 3 fully saturated rings. The first-order valence-corrected chi connectivity index (χ1v) is 28.5. The van der Waals surface area contributed by atoms with E-state index in [9.17, 15) is 28.8 Å². The number of furan rings is 3. The molecular weight excluding hydrogens is 1030 g/mol. The maximum atomic E-state index is 13.6. The number of carbonyl (C=O) groups is 6. The molecule has 8 N–H and O–H groups in total. The molecule has 0 spiro atoms. The van der Waals surface area contributed by atoms with Gasteiger partial charge in [0.1, 0.15) is 34.0 Å². The van der Waals surface area contributed by atoms with E-state index in [-0.39, 0.29) is 59.7 Å². The first-order chi connectivity index (χ1) is 38.9. The molecule has 8 atom stereocenters. The topological polar surface area (TPSA) is 241 Å². The summed E-state index contributed by atoms with van der Waals surface area (Å²) in [5, 5.41) is 26.9. The zero-order valence-electron chi connectivity index (χ0n) is 47.5. The minimum Gasteiger partial charge on any atom is -0.459 e. The molecule has 4 aromatic carbocycles. The van der Waals surface area contributed by atoms with Gasteiger partial charge in [-0.25, -0.2) is 14.4 Å². The fourth-order valence-corrected chi connectivity index (χ4v) is 12.5. The Bertz CT molecular complexity index is 3500. The molecule has 2 aliphatic heterocycles. The number of urea groups is 3. The number of nitrogens with one attached hydrogen (secondary N) is 8. The van der Waals surface area contributed by atoms with Crippen LogP contribution >= 0.6 is 0 Å². The van der Waals surface area contributed by atoms with Gasteiger partial charge in [0.05, 0.1) is 30.1 Å². The summed E-state index contributed by atoms with van der Waals surface area (Å²) in [7, 11) is 1.61. The van der Waals surface area contributed by atoms with Crippen molar-refractivity contribution in [3.05, 3.63) is 136 Å². The number of likely N-dealkylation sites (tertiary alicyclic amines) is 1. The van der Waals surface area contributed by atoms with Crippen LogP contribution in [0.3, 0.4) is 0 Å². The molecule has 3 aliphatic rings. The van der Waals surface area contributed by atoms with E-state index < -0.39 is 30.1 Å². The molecule has 8 unspecified atom stereocenters. The van der Waals surface area contributed by atoms with Crippen molar-refractivity contribution in [2.24, 2.45) is 11.8 Å². The molecule has 3 aromatic heterocycles. The lowest BCUT2D eigenvalue weighted by Crippen LogP contribution is -2.49. The van der Waals surface area contributed by atoms with E-state index in [0.717, 1.165) is 67.1 Å². The number of benzene rings is 4. The van der Waals surface area contributed by atoms with E-state index in [1.807, 2.05) is 119 Å². The van der Waals surface area contributed by atoms with Crippen LogP contribution < -0.4 is 42.5 Å². The summed E-state index contributed by atoms with van der Waals surface area (Å²) in [5.74, 6) is 1.66. The van der Waals surface area contributed by atoms with Crippen molar-refractivity contribution in [2.45, 2.75) is 142 Å². The minimum atomic E-state index is -0.435. The predicted octanol–water partition coefficient (Wildman–Crippen LogP) is 11.0. The number of para-hydroxylation sites is 1. The molecule has 0 bridgehead atoms. The predicted molar refractivity (Wildman–Crippen MR) is 311 cm³/mol. The summed E-state index contributed by atoms with van der Waals surface area (Å²) in [6.07, 6.45) is 4.78. The highest BCUT2D eigenvalue weighted by molar-refractivity contribution is 5.90. The highest BCUT2D eigenvalue weighted by Crippen LogP contribution is 2.41. The SMILES string of the molecule is CNC(=O)C1CC(c2ccc3c(C)c(C(C)NC(=O)NC4CCN(C(=O)CC(C)Cc5ccc6oc(C(C)NC(=O)Nc7ccc(C8CCC(=O)N8)cc7)c(C)c6c5)CC4)oc3c2)CC1NC(=O)NC(C)c1oc2ccccc2c1C. The maximum absolute atomic E-state index is 13.6. The van der Waals surface area contributed by atoms with Gasteiger partial charge in [0.2, 0.25) is 17.7 Å². The number of fused-ring (bicyclic) bond motifs is 3. The molecule has 81 heavy (non-hydrogen) atoms. The van der Waals surface area contributed by atoms with Gasteiger partial charge in [-0.1, -0.05) is 55.5 Å². The Labute approximate surface area is 471 Å². The fourth-order valence-electron chi connectivity index (χ4n) is 12.5. The highest BCUT2D eigenvalue weighted by Gasteiger charge is 2.40. The van der Waals surface area contributed by atoms with Crippen LogP contribution in [0.1, 0.15) is 153 Å². The molecule has 0 radical (unpaired) electrons. The van der Waals surface area contributed by atoms with Crippen molar-refractivity contribution in [3.8, 4) is 0 Å². The molecule has 18 heteroatoms. The van der Waals surface area contributed by atoms with Crippen LogP contribution in [0.5, 0.6) is 0 Å². The number of rotatable bonds is 16. The first kappa shape index (κ1) is 56.0. The Balaban J connectivity index is 0.667. The number of carbonyl (C=O) groups excluding carboxylic acids is 6. The zero-order chi connectivity index (χ0) is 57.2. The van der Waals surface area contributed by atoms with Crippen molar-refractivity contribution in [1.29, 1.82) is 0 Å². The summed E-state index contributed by atoms with van der Waals surface area (Å²) >= 11 is 0. The van der Waals surface area contributed by atoms with Gasteiger partial charge in [-0.15, -0.1) is 0 Å². The van der Waals surface area contributed by atoms with Crippen molar-refractivity contribution >= 4 is 74.4 Å². The van der Waals surface area contributed by atoms with Gasteiger partial charge in [-0.3, -0.25) is 14.4 Å². The van der Waals surface area contributed by atoms with Crippen molar-refractivity contribution < 1.29 is 42.0 Å². The largest absolute Gasteiger partial charge is 0.459 e. The third-order valence-corrected chi connectivity index (χ3v) is 16.9. The summed E-state index contributed by atoms with van der Waals surface area (Å²) in [5.41, 5.74) is 8.77. The smallest absolute Gasteiger partial charge is 0.319 e. The Morgan fingerprint density at radius 3 is 1.88 bits per heavy atom. The van der Waals surface area contributed by atoms with E-state index >= 15 is 0 Å². The number of piperidine rings is 1. The Morgan fingerprint density at radius 1 is 0.642 bits per heavy atom. The van der Waals surface area contributed by atoms with Gasteiger partial charge < -0.3 is 60.7 Å². The molecule has 1 aliphatic carbocycles. The summed E-state index contributed by atoms with van der Waals surface area (Å²) < 4.78 is 18.8. The van der Waals surface area contributed by atoms with Crippen molar-refractivity contribution in [2.75, 3.05) is 25.5 Å². The standard InChI is InChI=1S/C63H75N9O9/c1-33(27-40-13-21-53-48(29-40)36(4)59(80-53)39(7)66-61(76)68-44-17-14-41(15-18-44)50-20-22-55(73)70-50)28-56(74)72-25-23-45(24-26-72)69-62(77)65-38(6)58-35(3)47-19-16-42(32-54(47)81-58)43-30-49(60(75)64-8)51(31-43)71-63(78)67-37(5)57-34(2)46-11-9-10-12-52(46)79-57/h9-19,21,29,32-33,37-39,43,45,49-51H,20,22-28,30-31H2,1-8H3,(H,64,75)(H,70,73)(H2,65,69,77)(H2,66,68,76)(H2,67,71,78). The second-order valence-corrected chi connectivity index (χ2v) is 22.8. The van der Waals surface area contributed by atoms with Gasteiger partial charge in [0.25, 0.3) is 0 Å². The Hall–Kier alpha value is -8.28. The molecule has 10 rings (SSSR count). The van der Waals surface area contributed by atoms with Gasteiger partial charge in [0.15, 0.2) is 0 Å². The third kappa shape index (κ3) is 12.4. The minimum absolute atomic E-state index is 0.0000361. The van der Waals surface area contributed by atoms with Crippen LogP contribution in [0.15, 0.2) is 98.2 Å². The van der Waals surface area contributed by atoms with Crippen LogP contribution in [0, 0.1) is 32.6 Å². The summed E-state index contributed by atoms with van der Waals surface area (Å²) in [4.78, 5) is 80.2. The van der Waals surface area contributed by atoms with Crippen LogP contribution in [0.2, 0.25) is 0 Å². The second-order valence-electron chi connectivity index (χ2n) is 22.8. The Morgan fingerprint density at radius 2 is 1.23 bits per heavy atom. The van der Waals surface area contributed by atoms with E-state index in [1.54, 1.807) is 7.05 Å². The molecule has 18 nitrogen and oxygen atoms in total. The normalized spacial score (nSPS) is 19.9. The van der Waals surface area contributed by atoms with Crippen LogP contribution in [-0.2, 0) is 20.8 Å². The van der Waals surface area contributed by atoms with Crippen molar-refractivity contribution in [3.63, 3.8) is 0 Å². The highest BCUT2D eigenvalue weighted by atomic mass is 16.3. The fraction of sp³-hybridized carbons (Fsp3) is 0.429. The zero-order valence-corrected chi connectivity index (χ0v) is 47.5. The first-order valence-electron chi connectivity index (χ1n) is 28.5. The average molecular weight is 1100 g/mol. The monoisotopic (exact) mass is 1100 g/mol. The average Bonchev–Trinajstić information content (AvgIpc) is 4.46. The quantitative estimate of drug-likeness (QED) is 0.0458. The number of anilines is 1. The lowest BCUT2D eigenvalue weighted by Gasteiger charge is -2.33. The number of aryl methyl sites for hydroxylation is 3. The molecule has 7 aromatic rings. The molecule has 426 valence electrons. The lowest BCUT2D eigenvalue weighted by molar-refractivity contribution is -0.133. The number of nitrogens with zero attached hydrogens (tertiary/aromatic N) is 1. The second kappa shape index (κ2) is 23.8. The maximum Gasteiger partial charge on any atom is 0.319 e. The molecular formula is C63H75N9O9. The molecule has 1 saturated carbocycles. The van der Waals surface area contributed by atoms with E-state index in [2.05, 4.69) is 61.6 Å².